The van der Waals surface area contributed by atoms with Gasteiger partial charge in [0.05, 0.1) is 16.6 Å². The number of carbonyl (C=O) groups excluding carboxylic acids is 2. The van der Waals surface area contributed by atoms with Crippen molar-refractivity contribution in [1.82, 2.24) is 10.2 Å². The molecule has 1 saturated heterocycles. The van der Waals surface area contributed by atoms with Gasteiger partial charge < -0.3 is 15.0 Å². The number of hydrogen-bond donors (Lipinski definition) is 1. The van der Waals surface area contributed by atoms with Gasteiger partial charge in [0.2, 0.25) is 0 Å². The molecule has 0 unspecified atom stereocenters. The lowest BCUT2D eigenvalue weighted by Gasteiger charge is -2.28. The van der Waals surface area contributed by atoms with Crippen molar-refractivity contribution >= 4 is 23.6 Å². The van der Waals surface area contributed by atoms with Crippen molar-refractivity contribution in [3.63, 3.8) is 0 Å². The van der Waals surface area contributed by atoms with Crippen LogP contribution in [0.5, 0.6) is 0 Å². The second kappa shape index (κ2) is 5.41. The number of nitrogens with one attached hydrogen (secondary N) is 1. The van der Waals surface area contributed by atoms with Gasteiger partial charge in [0, 0.05) is 19.0 Å². The van der Waals surface area contributed by atoms with E-state index in [4.69, 9.17) is 16.3 Å². The maximum atomic E-state index is 12.3. The summed E-state index contributed by atoms with van der Waals surface area (Å²) < 4.78 is 5.44. The third kappa shape index (κ3) is 3.02. The number of carbonyl (C=O) groups is 2. The number of hydrogen-bond acceptors (Lipinski definition) is 3. The number of aryl methyl sites for hydroxylation is 1. The van der Waals surface area contributed by atoms with Crippen LogP contribution in [0, 0.1) is 6.92 Å². The van der Waals surface area contributed by atoms with Crippen molar-refractivity contribution in [2.45, 2.75) is 45.3 Å². The summed E-state index contributed by atoms with van der Waals surface area (Å²) in [6.07, 6.45) is -0.346. The van der Waals surface area contributed by atoms with Gasteiger partial charge in [0.15, 0.2) is 0 Å². The largest absolute Gasteiger partial charge is 0.444 e. The summed E-state index contributed by atoms with van der Waals surface area (Å²) >= 11 is 6.25. The molecular formula is C17H21ClN2O3. The topological polar surface area (TPSA) is 58.6 Å². The van der Waals surface area contributed by atoms with Crippen molar-refractivity contribution in [2.75, 3.05) is 13.1 Å². The van der Waals surface area contributed by atoms with Gasteiger partial charge in [-0.3, -0.25) is 4.79 Å². The average molecular weight is 337 g/mol. The van der Waals surface area contributed by atoms with Crippen LogP contribution < -0.4 is 5.32 Å². The van der Waals surface area contributed by atoms with E-state index in [1.807, 2.05) is 33.8 Å². The van der Waals surface area contributed by atoms with Crippen molar-refractivity contribution in [2.24, 2.45) is 0 Å². The Labute approximate surface area is 140 Å². The molecule has 1 aromatic rings. The number of nitrogens with zero attached hydrogens (tertiary/aromatic N) is 1. The minimum absolute atomic E-state index is 0.0487. The molecule has 2 aliphatic rings. The average Bonchev–Trinajstić information content (AvgIpc) is 2.79. The van der Waals surface area contributed by atoms with E-state index in [9.17, 15) is 9.59 Å². The molecule has 1 N–H and O–H groups in total. The Hall–Kier alpha value is -1.75. The molecular weight excluding hydrogens is 316 g/mol. The molecule has 23 heavy (non-hydrogen) atoms. The van der Waals surface area contributed by atoms with Crippen molar-refractivity contribution < 1.29 is 14.3 Å². The van der Waals surface area contributed by atoms with E-state index >= 15 is 0 Å². The molecule has 5 nitrogen and oxygen atoms in total. The molecule has 0 aromatic heterocycles. The Morgan fingerprint density at radius 2 is 2.04 bits per heavy atom. The second-order valence-corrected chi connectivity index (χ2v) is 7.69. The van der Waals surface area contributed by atoms with Crippen LogP contribution in [0.1, 0.15) is 48.2 Å². The van der Waals surface area contributed by atoms with Crippen LogP contribution in [0.15, 0.2) is 12.1 Å². The highest BCUT2D eigenvalue weighted by atomic mass is 35.5. The van der Waals surface area contributed by atoms with E-state index in [0.717, 1.165) is 11.1 Å². The Balaban J connectivity index is 1.89. The third-order valence-corrected chi connectivity index (χ3v) is 4.48. The number of fused-ring (bicyclic) bond motifs is 3. The molecule has 0 bridgehead atoms. The molecule has 1 aromatic carbocycles. The Kier molecular flexibility index (Phi) is 3.79. The summed E-state index contributed by atoms with van der Waals surface area (Å²) in [5.41, 5.74) is 1.93. The number of halogens is 1. The predicted octanol–water partition coefficient (Wildman–Crippen LogP) is 3.09. The molecule has 0 aliphatic carbocycles. The summed E-state index contributed by atoms with van der Waals surface area (Å²) in [7, 11) is 0. The van der Waals surface area contributed by atoms with E-state index in [0.29, 0.717) is 23.7 Å². The van der Waals surface area contributed by atoms with E-state index in [1.165, 1.54) is 0 Å². The fourth-order valence-corrected chi connectivity index (χ4v) is 3.65. The van der Waals surface area contributed by atoms with Gasteiger partial charge in [-0.1, -0.05) is 17.7 Å². The van der Waals surface area contributed by atoms with Gasteiger partial charge in [-0.15, -0.1) is 0 Å². The van der Waals surface area contributed by atoms with Gasteiger partial charge in [-0.2, -0.15) is 0 Å². The minimum atomic E-state index is -0.536. The molecule has 2 heterocycles. The highest BCUT2D eigenvalue weighted by Crippen LogP contribution is 2.37. The van der Waals surface area contributed by atoms with Gasteiger partial charge in [-0.25, -0.2) is 4.79 Å². The van der Waals surface area contributed by atoms with Gasteiger partial charge in [-0.05, 0) is 44.9 Å². The fourth-order valence-electron chi connectivity index (χ4n) is 3.28. The smallest absolute Gasteiger partial charge is 0.410 e. The lowest BCUT2D eigenvalue weighted by atomic mass is 9.85. The van der Waals surface area contributed by atoms with Gasteiger partial charge in [0.1, 0.15) is 5.60 Å². The quantitative estimate of drug-likeness (QED) is 0.792. The van der Waals surface area contributed by atoms with Crippen molar-refractivity contribution in [3.8, 4) is 0 Å². The zero-order valence-electron chi connectivity index (χ0n) is 13.8. The zero-order valence-corrected chi connectivity index (χ0v) is 14.5. The number of amides is 2. The number of likely N-dealkylation sites (tertiary alicyclic amines) is 1. The predicted molar refractivity (Wildman–Crippen MR) is 88.0 cm³/mol. The summed E-state index contributed by atoms with van der Waals surface area (Å²) in [5, 5.41) is 3.43. The summed E-state index contributed by atoms with van der Waals surface area (Å²) in [6, 6.07) is 3.69. The van der Waals surface area contributed by atoms with Gasteiger partial charge in [0.25, 0.3) is 5.91 Å². The standard InChI is InChI=1S/C17H21ClN2O3/c1-9-5-10-11-7-20(16(22)23-17(2,3)4)8-13(11)19-15(21)14(10)12(18)6-9/h5-6,11,13H,7-8H2,1-4H3,(H,19,21)/t11-,13+/m1/s1. The highest BCUT2D eigenvalue weighted by molar-refractivity contribution is 6.34. The Morgan fingerprint density at radius 3 is 2.70 bits per heavy atom. The van der Waals surface area contributed by atoms with Gasteiger partial charge >= 0.3 is 6.09 Å². The summed E-state index contributed by atoms with van der Waals surface area (Å²) in [5.74, 6) is -0.120. The number of ether oxygens (including phenoxy) is 1. The number of rotatable bonds is 0. The van der Waals surface area contributed by atoms with Crippen molar-refractivity contribution in [3.05, 3.63) is 33.8 Å². The molecule has 6 heteroatoms. The molecule has 2 atom stereocenters. The molecule has 3 rings (SSSR count). The minimum Gasteiger partial charge on any atom is -0.444 e. The summed E-state index contributed by atoms with van der Waals surface area (Å²) in [6.45, 7) is 8.45. The van der Waals surface area contributed by atoms with E-state index < -0.39 is 5.60 Å². The third-order valence-electron chi connectivity index (χ3n) is 4.18. The first-order chi connectivity index (χ1) is 10.7. The second-order valence-electron chi connectivity index (χ2n) is 7.28. The zero-order chi connectivity index (χ0) is 16.9. The maximum absolute atomic E-state index is 12.3. The van der Waals surface area contributed by atoms with Crippen LogP contribution in [0.25, 0.3) is 0 Å². The highest BCUT2D eigenvalue weighted by Gasteiger charge is 2.43. The Bertz CT molecular complexity index is 681. The normalized spacial score (nSPS) is 23.2. The lowest BCUT2D eigenvalue weighted by Crippen LogP contribution is -2.44. The van der Waals surface area contributed by atoms with Crippen molar-refractivity contribution in [1.29, 1.82) is 0 Å². The number of benzene rings is 1. The first-order valence-electron chi connectivity index (χ1n) is 7.74. The van der Waals surface area contributed by atoms with Crippen LogP contribution in [-0.2, 0) is 4.74 Å². The first-order valence-corrected chi connectivity index (χ1v) is 8.12. The SMILES string of the molecule is Cc1cc(Cl)c2c(c1)[C@H]1CN(C(=O)OC(C)(C)C)C[C@@H]1NC2=O. The Morgan fingerprint density at radius 1 is 1.35 bits per heavy atom. The van der Waals surface area contributed by atoms with Crippen LogP contribution in [0.4, 0.5) is 4.79 Å². The molecule has 0 radical (unpaired) electrons. The molecule has 2 amide bonds. The first kappa shape index (κ1) is 16.1. The van der Waals surface area contributed by atoms with Crippen LogP contribution in [-0.4, -0.2) is 41.6 Å². The molecule has 0 saturated carbocycles. The molecule has 1 fully saturated rings. The monoisotopic (exact) mass is 336 g/mol. The van der Waals surface area contributed by atoms with E-state index in [-0.39, 0.29) is 24.0 Å². The van der Waals surface area contributed by atoms with Crippen LogP contribution in [0.3, 0.4) is 0 Å². The molecule has 124 valence electrons. The van der Waals surface area contributed by atoms with E-state index in [2.05, 4.69) is 5.32 Å². The fraction of sp³-hybridized carbons (Fsp3) is 0.529. The maximum Gasteiger partial charge on any atom is 0.410 e. The van der Waals surface area contributed by atoms with Crippen LogP contribution >= 0.6 is 11.6 Å². The van der Waals surface area contributed by atoms with E-state index in [1.54, 1.807) is 11.0 Å². The molecule has 2 aliphatic heterocycles. The lowest BCUT2D eigenvalue weighted by molar-refractivity contribution is 0.0288. The van der Waals surface area contributed by atoms with Crippen LogP contribution in [0.2, 0.25) is 5.02 Å². The summed E-state index contributed by atoms with van der Waals surface area (Å²) in [4.78, 5) is 26.3. The molecule has 0 spiro atoms.